The van der Waals surface area contributed by atoms with E-state index in [0.717, 1.165) is 16.7 Å². The Morgan fingerprint density at radius 2 is 1.78 bits per heavy atom. The highest BCUT2D eigenvalue weighted by Crippen LogP contribution is 2.27. The minimum absolute atomic E-state index is 0.152. The van der Waals surface area contributed by atoms with Gasteiger partial charge >= 0.3 is 5.97 Å². The Bertz CT molecular complexity index is 1010. The number of amides is 1. The molecule has 0 spiro atoms. The number of rotatable bonds is 5. The van der Waals surface area contributed by atoms with Crippen molar-refractivity contribution in [2.45, 2.75) is 13.3 Å². The van der Waals surface area contributed by atoms with Crippen molar-refractivity contribution < 1.29 is 14.7 Å². The third-order valence-corrected chi connectivity index (χ3v) is 4.47. The summed E-state index contributed by atoms with van der Waals surface area (Å²) < 4.78 is 0. The van der Waals surface area contributed by atoms with Crippen LogP contribution in [0.4, 0.5) is 5.69 Å². The van der Waals surface area contributed by atoms with Gasteiger partial charge in [-0.15, -0.1) is 0 Å². The second kappa shape index (κ2) is 8.06. The van der Waals surface area contributed by atoms with E-state index < -0.39 is 5.97 Å². The molecular formula is C22H18ClNO3. The molecule has 27 heavy (non-hydrogen) atoms. The average Bonchev–Trinajstić information content (AvgIpc) is 2.63. The smallest absolute Gasteiger partial charge is 0.307 e. The van der Waals surface area contributed by atoms with Crippen LogP contribution in [-0.4, -0.2) is 17.0 Å². The molecule has 0 heterocycles. The Hall–Kier alpha value is -3.11. The molecule has 3 aromatic rings. The molecule has 3 rings (SSSR count). The summed E-state index contributed by atoms with van der Waals surface area (Å²) in [6, 6.07) is 19.8. The zero-order valence-corrected chi connectivity index (χ0v) is 15.5. The van der Waals surface area contributed by atoms with E-state index in [2.05, 4.69) is 5.32 Å². The van der Waals surface area contributed by atoms with Gasteiger partial charge in [-0.05, 0) is 59.5 Å². The highest BCUT2D eigenvalue weighted by molar-refractivity contribution is 6.30. The van der Waals surface area contributed by atoms with E-state index in [-0.39, 0.29) is 12.3 Å². The summed E-state index contributed by atoms with van der Waals surface area (Å²) in [7, 11) is 0. The Labute approximate surface area is 162 Å². The first kappa shape index (κ1) is 18.7. The van der Waals surface area contributed by atoms with Gasteiger partial charge in [0.2, 0.25) is 0 Å². The number of anilines is 1. The molecule has 3 aromatic carbocycles. The van der Waals surface area contributed by atoms with Crippen LogP contribution < -0.4 is 5.32 Å². The van der Waals surface area contributed by atoms with Crippen molar-refractivity contribution in [1.29, 1.82) is 0 Å². The van der Waals surface area contributed by atoms with Gasteiger partial charge in [-0.3, -0.25) is 9.59 Å². The Balaban J connectivity index is 1.88. The van der Waals surface area contributed by atoms with Crippen LogP contribution in [0.15, 0.2) is 66.7 Å². The Kier molecular flexibility index (Phi) is 5.57. The van der Waals surface area contributed by atoms with E-state index in [0.29, 0.717) is 21.8 Å². The van der Waals surface area contributed by atoms with Gasteiger partial charge in [0.05, 0.1) is 6.42 Å². The molecule has 0 aliphatic carbocycles. The van der Waals surface area contributed by atoms with Crippen molar-refractivity contribution in [2.75, 3.05) is 5.32 Å². The van der Waals surface area contributed by atoms with E-state index >= 15 is 0 Å². The zero-order valence-electron chi connectivity index (χ0n) is 14.7. The number of halogens is 1. The van der Waals surface area contributed by atoms with Crippen molar-refractivity contribution >= 4 is 29.2 Å². The largest absolute Gasteiger partial charge is 0.481 e. The number of hydrogen-bond donors (Lipinski definition) is 2. The van der Waals surface area contributed by atoms with Crippen molar-refractivity contribution in [3.8, 4) is 11.1 Å². The maximum absolute atomic E-state index is 12.7. The summed E-state index contributed by atoms with van der Waals surface area (Å²) in [5.41, 5.74) is 4.48. The third-order valence-electron chi connectivity index (χ3n) is 4.23. The highest BCUT2D eigenvalue weighted by Gasteiger charge is 2.12. The van der Waals surface area contributed by atoms with Crippen LogP contribution >= 0.6 is 11.6 Å². The normalized spacial score (nSPS) is 10.4. The van der Waals surface area contributed by atoms with Crippen molar-refractivity contribution in [3.05, 3.63) is 88.4 Å². The number of nitrogens with one attached hydrogen (secondary N) is 1. The van der Waals surface area contributed by atoms with Crippen LogP contribution in [0.3, 0.4) is 0 Å². The second-order valence-electron chi connectivity index (χ2n) is 6.22. The average molecular weight is 380 g/mol. The minimum Gasteiger partial charge on any atom is -0.481 e. The van der Waals surface area contributed by atoms with Crippen LogP contribution in [0.5, 0.6) is 0 Å². The van der Waals surface area contributed by atoms with Crippen molar-refractivity contribution in [1.82, 2.24) is 0 Å². The molecule has 5 heteroatoms. The van der Waals surface area contributed by atoms with Gasteiger partial charge in [0.25, 0.3) is 5.91 Å². The number of carbonyl (C=O) groups is 2. The van der Waals surface area contributed by atoms with Crippen LogP contribution in [0.25, 0.3) is 11.1 Å². The Morgan fingerprint density at radius 1 is 1.00 bits per heavy atom. The summed E-state index contributed by atoms with van der Waals surface area (Å²) in [5, 5.41) is 12.5. The molecular weight excluding hydrogens is 362 g/mol. The minimum atomic E-state index is -0.947. The van der Waals surface area contributed by atoms with Gasteiger partial charge in [-0.2, -0.15) is 0 Å². The predicted octanol–water partition coefficient (Wildman–Crippen LogP) is 5.19. The Morgan fingerprint density at radius 3 is 2.52 bits per heavy atom. The maximum atomic E-state index is 12.7. The van der Waals surface area contributed by atoms with Gasteiger partial charge in [0.1, 0.15) is 0 Å². The molecule has 0 fully saturated rings. The lowest BCUT2D eigenvalue weighted by atomic mass is 9.98. The molecule has 0 radical (unpaired) electrons. The van der Waals surface area contributed by atoms with Crippen LogP contribution in [0.1, 0.15) is 21.5 Å². The summed E-state index contributed by atoms with van der Waals surface area (Å²) in [6.45, 7) is 1.97. The number of aryl methyl sites for hydroxylation is 1. The molecule has 136 valence electrons. The molecule has 1 amide bonds. The number of carbonyl (C=O) groups excluding carboxylic acids is 1. The SMILES string of the molecule is Cc1cc(Cl)ccc1-c1cccc(C(=O)Nc2ccccc2CC(=O)O)c1. The van der Waals surface area contributed by atoms with Crippen LogP contribution in [0, 0.1) is 6.92 Å². The molecule has 0 bridgehead atoms. The van der Waals surface area contributed by atoms with Gasteiger partial charge in [-0.25, -0.2) is 0 Å². The molecule has 0 aliphatic heterocycles. The van der Waals surface area contributed by atoms with Crippen molar-refractivity contribution in [2.24, 2.45) is 0 Å². The molecule has 2 N–H and O–H groups in total. The molecule has 0 unspecified atom stereocenters. The number of carboxylic acids is 1. The molecule has 0 atom stereocenters. The number of hydrogen-bond acceptors (Lipinski definition) is 2. The quantitative estimate of drug-likeness (QED) is 0.640. The summed E-state index contributed by atoms with van der Waals surface area (Å²) in [4.78, 5) is 23.7. The molecule has 4 nitrogen and oxygen atoms in total. The van der Waals surface area contributed by atoms with Crippen molar-refractivity contribution in [3.63, 3.8) is 0 Å². The van der Waals surface area contributed by atoms with E-state index in [1.54, 1.807) is 30.3 Å². The highest BCUT2D eigenvalue weighted by atomic mass is 35.5. The number of aliphatic carboxylic acids is 1. The first-order chi connectivity index (χ1) is 12.9. The lowest BCUT2D eigenvalue weighted by Crippen LogP contribution is -2.14. The second-order valence-corrected chi connectivity index (χ2v) is 6.66. The third kappa shape index (κ3) is 4.54. The summed E-state index contributed by atoms with van der Waals surface area (Å²) >= 11 is 6.02. The fraction of sp³-hybridized carbons (Fsp3) is 0.0909. The first-order valence-electron chi connectivity index (χ1n) is 8.41. The number of benzene rings is 3. The van der Waals surface area contributed by atoms with Gasteiger partial charge in [0, 0.05) is 16.3 Å². The maximum Gasteiger partial charge on any atom is 0.307 e. The first-order valence-corrected chi connectivity index (χ1v) is 8.79. The number of para-hydroxylation sites is 1. The van der Waals surface area contributed by atoms with Gasteiger partial charge < -0.3 is 10.4 Å². The van der Waals surface area contributed by atoms with E-state index in [1.807, 2.05) is 43.3 Å². The van der Waals surface area contributed by atoms with E-state index in [9.17, 15) is 9.59 Å². The van der Waals surface area contributed by atoms with Gasteiger partial charge in [0.15, 0.2) is 0 Å². The predicted molar refractivity (Wildman–Crippen MR) is 107 cm³/mol. The molecule has 0 saturated heterocycles. The van der Waals surface area contributed by atoms with Crippen LogP contribution in [0.2, 0.25) is 5.02 Å². The van der Waals surface area contributed by atoms with E-state index in [4.69, 9.17) is 16.7 Å². The summed E-state index contributed by atoms with van der Waals surface area (Å²) in [5.74, 6) is -1.24. The molecule has 0 aromatic heterocycles. The number of carboxylic acid groups (broad SMARTS) is 1. The molecule has 0 aliphatic rings. The standard InChI is InChI=1S/C22H18ClNO3/c1-14-11-18(23)9-10-19(14)15-6-4-7-17(12-15)22(27)24-20-8-3-2-5-16(20)13-21(25)26/h2-12H,13H2,1H3,(H,24,27)(H,25,26). The topological polar surface area (TPSA) is 66.4 Å². The van der Waals surface area contributed by atoms with E-state index in [1.165, 1.54) is 0 Å². The van der Waals surface area contributed by atoms with Crippen LogP contribution in [-0.2, 0) is 11.2 Å². The lowest BCUT2D eigenvalue weighted by Gasteiger charge is -2.11. The van der Waals surface area contributed by atoms with Gasteiger partial charge in [-0.1, -0.05) is 48.0 Å². The fourth-order valence-electron chi connectivity index (χ4n) is 2.93. The fourth-order valence-corrected chi connectivity index (χ4v) is 3.16. The lowest BCUT2D eigenvalue weighted by molar-refractivity contribution is -0.136. The zero-order chi connectivity index (χ0) is 19.4. The summed E-state index contributed by atoms with van der Waals surface area (Å²) in [6.07, 6.45) is -0.152. The molecule has 0 saturated carbocycles. The monoisotopic (exact) mass is 379 g/mol.